The predicted molar refractivity (Wildman–Crippen MR) is 120 cm³/mol. The predicted octanol–water partition coefficient (Wildman–Crippen LogP) is 4.28. The molecule has 1 amide bonds. The minimum atomic E-state index is -0.301. The van der Waals surface area contributed by atoms with Gasteiger partial charge in [0.05, 0.1) is 11.6 Å². The number of amides is 1. The molecule has 2 aliphatic heterocycles. The molecule has 3 aromatic carbocycles. The lowest BCUT2D eigenvalue weighted by Crippen LogP contribution is -2.50. The van der Waals surface area contributed by atoms with E-state index in [4.69, 9.17) is 9.47 Å². The third-order valence-electron chi connectivity index (χ3n) is 6.13. The van der Waals surface area contributed by atoms with Crippen molar-refractivity contribution < 1.29 is 23.0 Å². The minimum Gasteiger partial charge on any atom is -0.486 e. The fraction of sp³-hybridized carbons (Fsp3) is 0.269. The summed E-state index contributed by atoms with van der Waals surface area (Å²) in [5.41, 5.74) is 2.35. The summed E-state index contributed by atoms with van der Waals surface area (Å²) in [6.07, 6.45) is 0. The first-order valence-corrected chi connectivity index (χ1v) is 11.0. The molecule has 0 radical (unpaired) electrons. The van der Waals surface area contributed by atoms with Crippen LogP contribution >= 0.6 is 0 Å². The van der Waals surface area contributed by atoms with Crippen LogP contribution in [0.25, 0.3) is 0 Å². The molecule has 0 aromatic heterocycles. The number of ether oxygens (including phenoxy) is 2. The molecule has 0 saturated carbocycles. The van der Waals surface area contributed by atoms with E-state index in [1.54, 1.807) is 42.5 Å². The Balaban J connectivity index is 1.35. The first kappa shape index (κ1) is 21.4. The average Bonchev–Trinajstić information content (AvgIpc) is 2.86. The molecule has 5 nitrogen and oxygen atoms in total. The van der Waals surface area contributed by atoms with Crippen molar-refractivity contribution >= 4 is 5.91 Å². The Morgan fingerprint density at radius 2 is 1.33 bits per heavy atom. The lowest BCUT2D eigenvalue weighted by atomic mass is 9.96. The first-order chi connectivity index (χ1) is 16.1. The molecule has 0 unspecified atom stereocenters. The number of para-hydroxylation sites is 1. The maximum absolute atomic E-state index is 13.5. The second-order valence-electron chi connectivity index (χ2n) is 8.16. The topological polar surface area (TPSA) is 42.0 Å². The molecule has 1 fully saturated rings. The normalized spacial score (nSPS) is 16.2. The third-order valence-corrected chi connectivity index (χ3v) is 6.13. The molecule has 33 heavy (non-hydrogen) atoms. The molecule has 7 heteroatoms. The van der Waals surface area contributed by atoms with E-state index in [9.17, 15) is 13.6 Å². The van der Waals surface area contributed by atoms with Crippen LogP contribution < -0.4 is 9.47 Å². The van der Waals surface area contributed by atoms with Crippen LogP contribution in [0.4, 0.5) is 8.78 Å². The van der Waals surface area contributed by atoms with Gasteiger partial charge >= 0.3 is 0 Å². The van der Waals surface area contributed by atoms with E-state index in [0.29, 0.717) is 56.5 Å². The quantitative estimate of drug-likeness (QED) is 0.595. The maximum atomic E-state index is 13.5. The van der Waals surface area contributed by atoms with Crippen LogP contribution in [0.2, 0.25) is 0 Å². The van der Waals surface area contributed by atoms with Gasteiger partial charge in [0.1, 0.15) is 24.8 Å². The Bertz CT molecular complexity index is 1080. The van der Waals surface area contributed by atoms with Crippen LogP contribution in [-0.4, -0.2) is 55.1 Å². The summed E-state index contributed by atoms with van der Waals surface area (Å²) < 4.78 is 38.4. The molecular formula is C26H24F2N2O3. The van der Waals surface area contributed by atoms with Crippen LogP contribution in [0.15, 0.2) is 66.7 Å². The number of hydrogen-bond acceptors (Lipinski definition) is 4. The monoisotopic (exact) mass is 450 g/mol. The SMILES string of the molecule is O=C(c1cccc2c1OCCO2)N1CCN(C(c2ccc(F)cc2)c2ccc(F)cc2)CC1. The fourth-order valence-corrected chi connectivity index (χ4v) is 4.50. The summed E-state index contributed by atoms with van der Waals surface area (Å²) in [6.45, 7) is 3.19. The number of carbonyl (C=O) groups is 1. The number of benzene rings is 3. The summed E-state index contributed by atoms with van der Waals surface area (Å²) in [6, 6.07) is 18.0. The molecule has 2 aliphatic rings. The van der Waals surface area contributed by atoms with Crippen molar-refractivity contribution in [3.63, 3.8) is 0 Å². The lowest BCUT2D eigenvalue weighted by Gasteiger charge is -2.40. The molecule has 0 aliphatic carbocycles. The van der Waals surface area contributed by atoms with Crippen LogP contribution in [0.5, 0.6) is 11.5 Å². The summed E-state index contributed by atoms with van der Waals surface area (Å²) in [5, 5.41) is 0. The Morgan fingerprint density at radius 3 is 1.94 bits per heavy atom. The molecule has 2 heterocycles. The first-order valence-electron chi connectivity index (χ1n) is 11.0. The van der Waals surface area contributed by atoms with Gasteiger partial charge < -0.3 is 14.4 Å². The molecule has 0 N–H and O–H groups in total. The summed E-state index contributed by atoms with van der Waals surface area (Å²) in [4.78, 5) is 17.3. The number of piperazine rings is 1. The molecule has 0 spiro atoms. The van der Waals surface area contributed by atoms with Crippen molar-refractivity contribution in [2.75, 3.05) is 39.4 Å². The van der Waals surface area contributed by atoms with Crippen LogP contribution in [-0.2, 0) is 0 Å². The molecule has 0 bridgehead atoms. The van der Waals surface area contributed by atoms with E-state index in [0.717, 1.165) is 11.1 Å². The summed E-state index contributed by atoms with van der Waals surface area (Å²) >= 11 is 0. The van der Waals surface area contributed by atoms with Gasteiger partial charge in [-0.1, -0.05) is 30.3 Å². The zero-order chi connectivity index (χ0) is 22.8. The van der Waals surface area contributed by atoms with E-state index < -0.39 is 0 Å². The van der Waals surface area contributed by atoms with Crippen molar-refractivity contribution in [1.29, 1.82) is 0 Å². The molecular weight excluding hydrogens is 426 g/mol. The number of hydrogen-bond donors (Lipinski definition) is 0. The van der Waals surface area contributed by atoms with Crippen LogP contribution in [0, 0.1) is 11.6 Å². The van der Waals surface area contributed by atoms with E-state index in [2.05, 4.69) is 4.90 Å². The van der Waals surface area contributed by atoms with Crippen molar-refractivity contribution in [2.24, 2.45) is 0 Å². The largest absolute Gasteiger partial charge is 0.486 e. The molecule has 1 saturated heterocycles. The second kappa shape index (κ2) is 9.19. The number of halogens is 2. The van der Waals surface area contributed by atoms with Gasteiger partial charge in [-0.05, 0) is 47.5 Å². The van der Waals surface area contributed by atoms with E-state index >= 15 is 0 Å². The van der Waals surface area contributed by atoms with Gasteiger partial charge in [0.25, 0.3) is 5.91 Å². The molecule has 5 rings (SSSR count). The highest BCUT2D eigenvalue weighted by atomic mass is 19.1. The van der Waals surface area contributed by atoms with E-state index in [1.165, 1.54) is 24.3 Å². The van der Waals surface area contributed by atoms with Gasteiger partial charge in [-0.2, -0.15) is 0 Å². The van der Waals surface area contributed by atoms with Gasteiger partial charge in [-0.3, -0.25) is 9.69 Å². The van der Waals surface area contributed by atoms with E-state index in [-0.39, 0.29) is 23.6 Å². The van der Waals surface area contributed by atoms with Gasteiger partial charge in [0, 0.05) is 26.2 Å². The van der Waals surface area contributed by atoms with Gasteiger partial charge in [0.2, 0.25) is 0 Å². The zero-order valence-electron chi connectivity index (χ0n) is 18.0. The number of fused-ring (bicyclic) bond motifs is 1. The van der Waals surface area contributed by atoms with Crippen molar-refractivity contribution in [3.05, 3.63) is 95.1 Å². The van der Waals surface area contributed by atoms with Gasteiger partial charge in [0.15, 0.2) is 11.5 Å². The Kier molecular flexibility index (Phi) is 5.96. The smallest absolute Gasteiger partial charge is 0.257 e. The zero-order valence-corrected chi connectivity index (χ0v) is 18.0. The van der Waals surface area contributed by atoms with Gasteiger partial charge in [-0.15, -0.1) is 0 Å². The molecule has 170 valence electrons. The third kappa shape index (κ3) is 4.41. The van der Waals surface area contributed by atoms with E-state index in [1.807, 2.05) is 4.90 Å². The van der Waals surface area contributed by atoms with Crippen molar-refractivity contribution in [3.8, 4) is 11.5 Å². The highest BCUT2D eigenvalue weighted by Crippen LogP contribution is 2.35. The van der Waals surface area contributed by atoms with Crippen LogP contribution in [0.3, 0.4) is 0 Å². The van der Waals surface area contributed by atoms with Crippen LogP contribution in [0.1, 0.15) is 27.5 Å². The number of rotatable bonds is 4. The second-order valence-corrected chi connectivity index (χ2v) is 8.16. The Hall–Kier alpha value is -3.45. The number of nitrogens with zero attached hydrogens (tertiary/aromatic N) is 2. The highest BCUT2D eigenvalue weighted by Gasteiger charge is 2.30. The summed E-state index contributed by atoms with van der Waals surface area (Å²) in [5.74, 6) is 0.413. The standard InChI is InChI=1S/C26H24F2N2O3/c27-20-8-4-18(5-9-20)24(19-6-10-21(28)11-7-19)29-12-14-30(15-13-29)26(31)22-2-1-3-23-25(22)33-17-16-32-23/h1-11,24H,12-17H2. The fourth-order valence-electron chi connectivity index (χ4n) is 4.50. The number of carbonyl (C=O) groups excluding carboxylic acids is 1. The van der Waals surface area contributed by atoms with Crippen molar-refractivity contribution in [2.45, 2.75) is 6.04 Å². The molecule has 3 aromatic rings. The average molecular weight is 450 g/mol. The maximum Gasteiger partial charge on any atom is 0.257 e. The summed E-state index contributed by atoms with van der Waals surface area (Å²) in [7, 11) is 0. The lowest BCUT2D eigenvalue weighted by molar-refractivity contribution is 0.0588. The van der Waals surface area contributed by atoms with Gasteiger partial charge in [-0.25, -0.2) is 8.78 Å². The Labute approximate surface area is 191 Å². The highest BCUT2D eigenvalue weighted by molar-refractivity contribution is 5.98. The minimum absolute atomic E-state index is 0.0860. The van der Waals surface area contributed by atoms with Crippen molar-refractivity contribution in [1.82, 2.24) is 9.80 Å². The Morgan fingerprint density at radius 1 is 0.758 bits per heavy atom. The molecule has 0 atom stereocenters.